The molecule has 0 aliphatic heterocycles. The lowest BCUT2D eigenvalue weighted by Crippen LogP contribution is -2.25. The molecule has 0 bridgehead atoms. The van der Waals surface area contributed by atoms with Crippen molar-refractivity contribution < 1.29 is 4.74 Å². The van der Waals surface area contributed by atoms with E-state index in [0.29, 0.717) is 11.9 Å². The molecular weight excluding hydrogens is 314 g/mol. The number of hydrogen-bond donors (Lipinski definition) is 0. The van der Waals surface area contributed by atoms with Gasteiger partial charge in [0, 0.05) is 40.7 Å². The average molecular weight is 344 g/mol. The molecular formula is C16H30ClN3OSi. The van der Waals surface area contributed by atoms with E-state index in [9.17, 15) is 0 Å². The van der Waals surface area contributed by atoms with Crippen molar-refractivity contribution in [2.45, 2.75) is 32.6 Å². The van der Waals surface area contributed by atoms with Crippen LogP contribution in [0.3, 0.4) is 0 Å². The fourth-order valence-corrected chi connectivity index (χ4v) is 2.40. The molecule has 0 aromatic heterocycles. The Morgan fingerprint density at radius 2 is 1.95 bits per heavy atom. The van der Waals surface area contributed by atoms with Crippen LogP contribution in [0.15, 0.2) is 41.8 Å². The van der Waals surface area contributed by atoms with E-state index in [4.69, 9.17) is 16.3 Å². The van der Waals surface area contributed by atoms with Crippen molar-refractivity contribution in [3.8, 4) is 0 Å². The smallest absolute Gasteiger partial charge is 0.151 e. The molecule has 0 radical (unpaired) electrons. The second kappa shape index (κ2) is 10.6. The third-order valence-electron chi connectivity index (χ3n) is 2.90. The average Bonchev–Trinajstić information content (AvgIpc) is 2.39. The molecule has 0 saturated heterocycles. The maximum absolute atomic E-state index is 6.13. The summed E-state index contributed by atoms with van der Waals surface area (Å²) in [6.45, 7) is 14.0. The van der Waals surface area contributed by atoms with Crippen molar-refractivity contribution in [1.82, 2.24) is 9.91 Å². The zero-order valence-corrected chi connectivity index (χ0v) is 16.5. The number of allylic oxidation sites excluding steroid dienone is 4. The Balaban J connectivity index is 4.36. The molecule has 0 unspecified atom stereocenters. The molecule has 0 N–H and O–H groups in total. The maximum atomic E-state index is 6.13. The Morgan fingerprint density at radius 1 is 1.32 bits per heavy atom. The van der Waals surface area contributed by atoms with Crippen molar-refractivity contribution in [3.63, 3.8) is 0 Å². The number of nitrogens with zero attached hydrogens (tertiary/aromatic N) is 3. The molecule has 0 aromatic carbocycles. The van der Waals surface area contributed by atoms with Gasteiger partial charge in [0.2, 0.25) is 0 Å². The molecule has 6 heteroatoms. The van der Waals surface area contributed by atoms with Gasteiger partial charge in [-0.2, -0.15) is 5.10 Å². The predicted octanol–water partition coefficient (Wildman–Crippen LogP) is 4.32. The fourth-order valence-electron chi connectivity index (χ4n) is 1.36. The van der Waals surface area contributed by atoms with E-state index < -0.39 is 8.07 Å². The van der Waals surface area contributed by atoms with Gasteiger partial charge in [-0.25, -0.2) is 0 Å². The number of hydrazone groups is 1. The summed E-state index contributed by atoms with van der Waals surface area (Å²) < 4.78 is 5.71. The van der Waals surface area contributed by atoms with Crippen LogP contribution in [-0.2, 0) is 4.74 Å². The quantitative estimate of drug-likeness (QED) is 0.148. The molecule has 0 spiro atoms. The van der Waals surface area contributed by atoms with E-state index >= 15 is 0 Å². The number of rotatable bonds is 10. The molecule has 0 saturated carbocycles. The third-order valence-corrected chi connectivity index (χ3v) is 4.79. The highest BCUT2D eigenvalue weighted by atomic mass is 35.5. The van der Waals surface area contributed by atoms with Gasteiger partial charge in [-0.3, -0.25) is 5.01 Å². The molecule has 0 amide bonds. The van der Waals surface area contributed by atoms with E-state index in [-0.39, 0.29) is 0 Å². The van der Waals surface area contributed by atoms with Crippen LogP contribution in [0.2, 0.25) is 25.7 Å². The van der Waals surface area contributed by atoms with E-state index in [1.165, 1.54) is 6.04 Å². The highest BCUT2D eigenvalue weighted by Gasteiger charge is 2.12. The van der Waals surface area contributed by atoms with Gasteiger partial charge in [0.25, 0.3) is 0 Å². The van der Waals surface area contributed by atoms with Gasteiger partial charge in [0.1, 0.15) is 6.73 Å². The van der Waals surface area contributed by atoms with Gasteiger partial charge < -0.3 is 9.64 Å². The van der Waals surface area contributed by atoms with Gasteiger partial charge in [0.15, 0.2) is 5.17 Å². The Kier molecular flexibility index (Phi) is 10.1. The minimum Gasteiger partial charge on any atom is -0.361 e. The lowest BCUT2D eigenvalue weighted by molar-refractivity contribution is 0.0686. The number of ether oxygens (including phenoxy) is 1. The molecule has 0 aromatic rings. The molecule has 0 aliphatic rings. The highest BCUT2D eigenvalue weighted by Crippen LogP contribution is 2.09. The van der Waals surface area contributed by atoms with Crippen LogP contribution in [0.1, 0.15) is 6.92 Å². The maximum Gasteiger partial charge on any atom is 0.151 e. The lowest BCUT2D eigenvalue weighted by atomic mass is 10.4. The van der Waals surface area contributed by atoms with Crippen molar-refractivity contribution in [3.05, 3.63) is 36.7 Å². The Morgan fingerprint density at radius 3 is 2.50 bits per heavy atom. The molecule has 0 atom stereocenters. The summed E-state index contributed by atoms with van der Waals surface area (Å²) in [5.41, 5.74) is 1.00. The normalized spacial score (nSPS) is 13.6. The van der Waals surface area contributed by atoms with Crippen LogP contribution < -0.4 is 0 Å². The van der Waals surface area contributed by atoms with Crippen LogP contribution in [-0.4, -0.2) is 50.6 Å². The molecule has 0 rings (SSSR count). The molecule has 126 valence electrons. The van der Waals surface area contributed by atoms with Crippen LogP contribution >= 0.6 is 11.6 Å². The van der Waals surface area contributed by atoms with E-state index in [0.717, 1.165) is 12.3 Å². The summed E-state index contributed by atoms with van der Waals surface area (Å²) >= 11 is 6.13. The zero-order valence-electron chi connectivity index (χ0n) is 14.8. The zero-order chi connectivity index (χ0) is 17.2. The van der Waals surface area contributed by atoms with Crippen LogP contribution in [0.4, 0.5) is 0 Å². The monoisotopic (exact) mass is 343 g/mol. The van der Waals surface area contributed by atoms with Crippen molar-refractivity contribution in [1.29, 1.82) is 0 Å². The predicted molar refractivity (Wildman–Crippen MR) is 101 cm³/mol. The highest BCUT2D eigenvalue weighted by molar-refractivity contribution is 6.76. The van der Waals surface area contributed by atoms with E-state index in [1.807, 2.05) is 32.0 Å². The minimum absolute atomic E-state index is 0.419. The molecule has 0 heterocycles. The second-order valence-electron chi connectivity index (χ2n) is 6.41. The van der Waals surface area contributed by atoms with Crippen LogP contribution in [0.5, 0.6) is 0 Å². The Hall–Kier alpha value is -1.04. The van der Waals surface area contributed by atoms with Gasteiger partial charge in [-0.15, -0.1) is 0 Å². The van der Waals surface area contributed by atoms with Crippen molar-refractivity contribution in [2.24, 2.45) is 5.10 Å². The first-order valence-electron chi connectivity index (χ1n) is 7.39. The first kappa shape index (κ1) is 21.0. The lowest BCUT2D eigenvalue weighted by Gasteiger charge is -2.21. The summed E-state index contributed by atoms with van der Waals surface area (Å²) in [6, 6.07) is 1.17. The first-order chi connectivity index (χ1) is 10.2. The van der Waals surface area contributed by atoms with Gasteiger partial charge in [-0.1, -0.05) is 43.9 Å². The summed E-state index contributed by atoms with van der Waals surface area (Å²) in [5.74, 6) is 0. The Labute approximate surface area is 141 Å². The first-order valence-corrected chi connectivity index (χ1v) is 11.5. The SMILES string of the molecule is C=C/C=C\N(C)/N=C(Cl)\C=C(/C)N(C)COCC[Si](C)(C)C. The summed E-state index contributed by atoms with van der Waals surface area (Å²) in [7, 11) is 2.76. The van der Waals surface area contributed by atoms with E-state index in [2.05, 4.69) is 31.3 Å². The number of halogens is 1. The van der Waals surface area contributed by atoms with Gasteiger partial charge >= 0.3 is 0 Å². The summed E-state index contributed by atoms with van der Waals surface area (Å²) in [4.78, 5) is 2.02. The topological polar surface area (TPSA) is 28.1 Å². The Bertz CT molecular complexity index is 428. The largest absolute Gasteiger partial charge is 0.361 e. The van der Waals surface area contributed by atoms with Gasteiger partial charge in [0.05, 0.1) is 0 Å². The second-order valence-corrected chi connectivity index (χ2v) is 12.4. The molecule has 4 nitrogen and oxygen atoms in total. The van der Waals surface area contributed by atoms with E-state index in [1.54, 1.807) is 23.4 Å². The summed E-state index contributed by atoms with van der Waals surface area (Å²) in [5, 5.41) is 6.26. The molecule has 0 fully saturated rings. The van der Waals surface area contributed by atoms with Gasteiger partial charge in [-0.05, 0) is 25.1 Å². The van der Waals surface area contributed by atoms with Crippen molar-refractivity contribution >= 4 is 24.8 Å². The molecule has 0 aliphatic carbocycles. The van der Waals surface area contributed by atoms with Crippen LogP contribution in [0, 0.1) is 0 Å². The minimum atomic E-state index is -1.03. The number of hydrogen-bond acceptors (Lipinski definition) is 4. The fraction of sp³-hybridized carbons (Fsp3) is 0.562. The standard InChI is InChI=1S/C16H30ClN3OSi/c1-8-9-10-20(4)18-16(17)13-15(2)19(3)14-21-11-12-22(5,6)7/h8-10,13H,1,11-12,14H2,2-7H3/b10-9-,15-13+,18-16+. The molecule has 22 heavy (non-hydrogen) atoms. The van der Waals surface area contributed by atoms with Crippen molar-refractivity contribution in [2.75, 3.05) is 27.4 Å². The van der Waals surface area contributed by atoms with Crippen LogP contribution in [0.25, 0.3) is 0 Å². The third kappa shape index (κ3) is 11.6. The summed E-state index contributed by atoms with van der Waals surface area (Å²) in [6.07, 6.45) is 7.08.